The summed E-state index contributed by atoms with van der Waals surface area (Å²) < 4.78 is 16.8. The molecular weight excluding hydrogens is 889 g/mol. The molecule has 0 heterocycles. The normalized spacial score (nSPS) is 13.1. The lowest BCUT2D eigenvalue weighted by Crippen LogP contribution is -2.30. The summed E-state index contributed by atoms with van der Waals surface area (Å²) in [5.74, 6) is -0.954. The van der Waals surface area contributed by atoms with E-state index in [2.05, 4.69) is 154 Å². The van der Waals surface area contributed by atoms with Crippen LogP contribution in [0.2, 0.25) is 0 Å². The van der Waals surface area contributed by atoms with Gasteiger partial charge in [-0.25, -0.2) is 0 Å². The summed E-state index contributed by atoms with van der Waals surface area (Å²) in [5, 5.41) is 0. The Bertz CT molecular complexity index is 1560. The van der Waals surface area contributed by atoms with E-state index in [9.17, 15) is 14.4 Å². The number of hydrogen-bond donors (Lipinski definition) is 0. The number of carbonyl (C=O) groups excluding carboxylic acids is 3. The molecule has 1 atom stereocenters. The highest BCUT2D eigenvalue weighted by Crippen LogP contribution is 2.14. The summed E-state index contributed by atoms with van der Waals surface area (Å²) in [7, 11) is 0. The van der Waals surface area contributed by atoms with Crippen LogP contribution in [0.4, 0.5) is 0 Å². The summed E-state index contributed by atoms with van der Waals surface area (Å²) in [6.45, 7) is 6.33. The van der Waals surface area contributed by atoms with Crippen molar-refractivity contribution in [3.8, 4) is 0 Å². The Balaban J connectivity index is 4.47. The number of allylic oxidation sites excluding steroid dienone is 22. The van der Waals surface area contributed by atoms with Crippen molar-refractivity contribution in [3.63, 3.8) is 0 Å². The van der Waals surface area contributed by atoms with Crippen LogP contribution >= 0.6 is 0 Å². The van der Waals surface area contributed by atoms with E-state index in [4.69, 9.17) is 14.2 Å². The minimum Gasteiger partial charge on any atom is -0.462 e. The van der Waals surface area contributed by atoms with Crippen LogP contribution in [0.25, 0.3) is 0 Å². The molecule has 0 N–H and O–H groups in total. The lowest BCUT2D eigenvalue weighted by atomic mass is 10.1. The fourth-order valence-corrected chi connectivity index (χ4v) is 7.53. The third kappa shape index (κ3) is 56.5. The highest BCUT2D eigenvalue weighted by atomic mass is 16.6. The fraction of sp³-hybridized carbons (Fsp3) is 0.621. The van der Waals surface area contributed by atoms with E-state index in [1.54, 1.807) is 0 Å². The molecule has 0 aliphatic heterocycles. The van der Waals surface area contributed by atoms with Crippen molar-refractivity contribution in [2.45, 2.75) is 252 Å². The molecular formula is C66H106O6. The van der Waals surface area contributed by atoms with E-state index in [0.717, 1.165) is 161 Å². The van der Waals surface area contributed by atoms with Crippen molar-refractivity contribution in [2.75, 3.05) is 13.2 Å². The maximum absolute atomic E-state index is 12.9. The zero-order valence-corrected chi connectivity index (χ0v) is 46.4. The summed E-state index contributed by atoms with van der Waals surface area (Å²) in [6, 6.07) is 0. The zero-order valence-electron chi connectivity index (χ0n) is 46.4. The molecule has 0 spiro atoms. The van der Waals surface area contributed by atoms with E-state index in [0.29, 0.717) is 19.3 Å². The van der Waals surface area contributed by atoms with Crippen molar-refractivity contribution in [1.29, 1.82) is 0 Å². The summed E-state index contributed by atoms with van der Waals surface area (Å²) in [4.78, 5) is 38.2. The molecule has 0 amide bonds. The van der Waals surface area contributed by atoms with Crippen LogP contribution in [-0.2, 0) is 28.6 Å². The lowest BCUT2D eigenvalue weighted by molar-refractivity contribution is -0.167. The minimum absolute atomic E-state index is 0.102. The first-order valence-corrected chi connectivity index (χ1v) is 29.2. The predicted octanol–water partition coefficient (Wildman–Crippen LogP) is 19.8. The average Bonchev–Trinajstić information content (AvgIpc) is 3.38. The average molecular weight is 996 g/mol. The molecule has 0 fully saturated rings. The Morgan fingerprint density at radius 1 is 0.292 bits per heavy atom. The number of hydrogen-bond acceptors (Lipinski definition) is 6. The van der Waals surface area contributed by atoms with Crippen LogP contribution in [0.5, 0.6) is 0 Å². The lowest BCUT2D eigenvalue weighted by Gasteiger charge is -2.18. The largest absolute Gasteiger partial charge is 0.462 e. The maximum Gasteiger partial charge on any atom is 0.306 e. The molecule has 0 saturated carbocycles. The van der Waals surface area contributed by atoms with Gasteiger partial charge in [0.05, 0.1) is 0 Å². The molecule has 6 nitrogen and oxygen atoms in total. The van der Waals surface area contributed by atoms with Crippen molar-refractivity contribution >= 4 is 17.9 Å². The molecule has 72 heavy (non-hydrogen) atoms. The SMILES string of the molecule is CC/C=C\C/C=C\C/C=C\C/C=C\C/C=C\C/C=C\CCCCCCC(=O)OCC(COC(=O)CCCCCCC/C=C\C/C=C\CCCC)OC(=O)CCCCCCCCC/C=C\C/C=C\C/C=C\CC. The Morgan fingerprint density at radius 3 is 0.847 bits per heavy atom. The molecule has 0 aromatic rings. The van der Waals surface area contributed by atoms with Crippen LogP contribution in [0.3, 0.4) is 0 Å². The molecule has 0 aliphatic carbocycles. The van der Waals surface area contributed by atoms with Gasteiger partial charge in [0.25, 0.3) is 0 Å². The van der Waals surface area contributed by atoms with Crippen LogP contribution in [0.15, 0.2) is 134 Å². The van der Waals surface area contributed by atoms with Gasteiger partial charge in [0, 0.05) is 19.3 Å². The van der Waals surface area contributed by atoms with E-state index in [-0.39, 0.29) is 31.1 Å². The van der Waals surface area contributed by atoms with Crippen molar-refractivity contribution in [3.05, 3.63) is 134 Å². The number of carbonyl (C=O) groups is 3. The molecule has 0 aliphatic rings. The van der Waals surface area contributed by atoms with Crippen LogP contribution in [0, 0.1) is 0 Å². The van der Waals surface area contributed by atoms with Gasteiger partial charge in [-0.2, -0.15) is 0 Å². The molecule has 406 valence electrons. The van der Waals surface area contributed by atoms with Crippen LogP contribution < -0.4 is 0 Å². The van der Waals surface area contributed by atoms with Crippen LogP contribution in [-0.4, -0.2) is 37.2 Å². The molecule has 0 aromatic carbocycles. The number of rotatable bonds is 51. The van der Waals surface area contributed by atoms with E-state index in [1.807, 2.05) is 0 Å². The van der Waals surface area contributed by atoms with E-state index >= 15 is 0 Å². The molecule has 0 rings (SSSR count). The number of esters is 3. The zero-order chi connectivity index (χ0) is 52.2. The topological polar surface area (TPSA) is 78.9 Å². The van der Waals surface area contributed by atoms with Gasteiger partial charge in [0.1, 0.15) is 13.2 Å². The molecule has 6 heteroatoms. The molecule has 0 aromatic heterocycles. The Kier molecular flexibility index (Phi) is 55.5. The van der Waals surface area contributed by atoms with Gasteiger partial charge in [-0.05, 0) is 128 Å². The first-order valence-electron chi connectivity index (χ1n) is 29.2. The van der Waals surface area contributed by atoms with E-state index < -0.39 is 6.10 Å². The second-order valence-electron chi connectivity index (χ2n) is 18.8. The highest BCUT2D eigenvalue weighted by molar-refractivity contribution is 5.71. The van der Waals surface area contributed by atoms with Gasteiger partial charge in [0.15, 0.2) is 6.10 Å². The monoisotopic (exact) mass is 995 g/mol. The molecule has 1 unspecified atom stereocenters. The Labute approximate surface area is 443 Å². The van der Waals surface area contributed by atoms with Gasteiger partial charge in [-0.3, -0.25) is 14.4 Å². The Hall–Kier alpha value is -4.45. The van der Waals surface area contributed by atoms with Gasteiger partial charge in [-0.15, -0.1) is 0 Å². The molecule has 0 bridgehead atoms. The highest BCUT2D eigenvalue weighted by Gasteiger charge is 2.19. The minimum atomic E-state index is -0.806. The van der Waals surface area contributed by atoms with Crippen LogP contribution in [0.1, 0.15) is 245 Å². The molecule has 0 saturated heterocycles. The second kappa shape index (κ2) is 59.1. The third-order valence-corrected chi connectivity index (χ3v) is 11.9. The predicted molar refractivity (Wildman–Crippen MR) is 311 cm³/mol. The van der Waals surface area contributed by atoms with Gasteiger partial charge < -0.3 is 14.2 Å². The standard InChI is InChI=1S/C66H106O6/c1-4-7-10-13-16-19-22-25-28-30-31-32-33-34-35-37-38-41-44-47-50-53-56-59-65(68)71-62-63(61-70-64(67)58-55-52-49-46-43-40-27-24-21-18-15-12-9-6-3)72-66(69)60-57-54-51-48-45-42-39-36-29-26-23-20-17-14-11-8-5-2/h7-8,10-11,15-20,24-29,31-32,34-35,38,41,63H,4-6,9,12-14,21-23,30,33,36-37,39-40,42-62H2,1-3H3/b10-7-,11-8-,18-15-,19-16-,20-17-,27-24-,28-25-,29-26-,32-31-,35-34-,41-38-. The summed E-state index contributed by atoms with van der Waals surface area (Å²) in [6.07, 6.45) is 82.9. The summed E-state index contributed by atoms with van der Waals surface area (Å²) >= 11 is 0. The van der Waals surface area contributed by atoms with Gasteiger partial charge in [-0.1, -0.05) is 231 Å². The number of ether oxygens (including phenoxy) is 3. The first kappa shape index (κ1) is 67.5. The quantitative estimate of drug-likeness (QED) is 0.0261. The number of unbranched alkanes of at least 4 members (excludes halogenated alkanes) is 18. The van der Waals surface area contributed by atoms with Crippen molar-refractivity contribution in [1.82, 2.24) is 0 Å². The fourth-order valence-electron chi connectivity index (χ4n) is 7.53. The smallest absolute Gasteiger partial charge is 0.306 e. The third-order valence-electron chi connectivity index (χ3n) is 11.9. The van der Waals surface area contributed by atoms with Gasteiger partial charge >= 0.3 is 17.9 Å². The summed E-state index contributed by atoms with van der Waals surface area (Å²) in [5.41, 5.74) is 0. The first-order chi connectivity index (χ1) is 35.5. The molecule has 0 radical (unpaired) electrons. The van der Waals surface area contributed by atoms with Gasteiger partial charge in [0.2, 0.25) is 0 Å². The van der Waals surface area contributed by atoms with Crippen molar-refractivity contribution in [2.24, 2.45) is 0 Å². The van der Waals surface area contributed by atoms with Crippen molar-refractivity contribution < 1.29 is 28.6 Å². The second-order valence-corrected chi connectivity index (χ2v) is 18.8. The van der Waals surface area contributed by atoms with E-state index in [1.165, 1.54) is 44.9 Å². The Morgan fingerprint density at radius 2 is 0.542 bits per heavy atom. The maximum atomic E-state index is 12.9.